The summed E-state index contributed by atoms with van der Waals surface area (Å²) in [6, 6.07) is 0. The Labute approximate surface area is 128 Å². The SMILES string of the molecule is CNC(=O)c1c(N2CCC(C)C(C)C2)sc(C(N)=O)c1N. The third kappa shape index (κ3) is 2.83. The van der Waals surface area contributed by atoms with Crippen molar-refractivity contribution in [3.8, 4) is 0 Å². The number of nitrogens with two attached hydrogens (primary N) is 2. The molecule has 1 fully saturated rings. The van der Waals surface area contributed by atoms with Gasteiger partial charge in [-0.25, -0.2) is 0 Å². The molecule has 2 amide bonds. The van der Waals surface area contributed by atoms with Gasteiger partial charge in [-0.3, -0.25) is 9.59 Å². The summed E-state index contributed by atoms with van der Waals surface area (Å²) >= 11 is 1.21. The molecule has 116 valence electrons. The molecule has 5 N–H and O–H groups in total. The quantitative estimate of drug-likeness (QED) is 0.782. The molecule has 21 heavy (non-hydrogen) atoms. The Bertz CT molecular complexity index is 570. The van der Waals surface area contributed by atoms with Crippen molar-refractivity contribution in [2.45, 2.75) is 20.3 Å². The molecule has 2 atom stereocenters. The van der Waals surface area contributed by atoms with E-state index in [9.17, 15) is 9.59 Å². The Morgan fingerprint density at radius 2 is 2.00 bits per heavy atom. The Kier molecular flexibility index (Phi) is 4.41. The second-order valence-electron chi connectivity index (χ2n) is 5.66. The Balaban J connectivity index is 2.45. The van der Waals surface area contributed by atoms with Crippen molar-refractivity contribution in [3.63, 3.8) is 0 Å². The van der Waals surface area contributed by atoms with Crippen molar-refractivity contribution >= 4 is 33.8 Å². The van der Waals surface area contributed by atoms with E-state index in [-0.39, 0.29) is 16.5 Å². The number of primary amides is 1. The van der Waals surface area contributed by atoms with E-state index in [2.05, 4.69) is 24.1 Å². The van der Waals surface area contributed by atoms with E-state index in [1.807, 2.05) is 0 Å². The second kappa shape index (κ2) is 5.93. The van der Waals surface area contributed by atoms with Crippen LogP contribution in [0.4, 0.5) is 10.7 Å². The van der Waals surface area contributed by atoms with Gasteiger partial charge in [0.25, 0.3) is 11.8 Å². The van der Waals surface area contributed by atoms with Crippen LogP contribution in [0.15, 0.2) is 0 Å². The molecule has 0 spiro atoms. The fraction of sp³-hybridized carbons (Fsp3) is 0.571. The minimum atomic E-state index is -0.590. The molecule has 0 aliphatic carbocycles. The van der Waals surface area contributed by atoms with Crippen LogP contribution in [0.3, 0.4) is 0 Å². The fourth-order valence-electron chi connectivity index (χ4n) is 2.63. The molecule has 0 saturated carbocycles. The lowest BCUT2D eigenvalue weighted by Crippen LogP contribution is -2.39. The zero-order chi connectivity index (χ0) is 15.7. The van der Waals surface area contributed by atoms with Gasteiger partial charge in [-0.05, 0) is 18.3 Å². The van der Waals surface area contributed by atoms with E-state index in [0.29, 0.717) is 17.4 Å². The number of hydrogen-bond donors (Lipinski definition) is 3. The number of nitrogens with zero attached hydrogens (tertiary/aromatic N) is 1. The highest BCUT2D eigenvalue weighted by molar-refractivity contribution is 7.19. The number of hydrogen-bond acceptors (Lipinski definition) is 5. The molecule has 1 aromatic heterocycles. The van der Waals surface area contributed by atoms with Crippen molar-refractivity contribution in [2.24, 2.45) is 17.6 Å². The second-order valence-corrected chi connectivity index (χ2v) is 6.66. The van der Waals surface area contributed by atoms with Crippen molar-refractivity contribution in [1.82, 2.24) is 5.32 Å². The van der Waals surface area contributed by atoms with Gasteiger partial charge in [-0.1, -0.05) is 13.8 Å². The molecular formula is C14H22N4O2S. The van der Waals surface area contributed by atoms with E-state index >= 15 is 0 Å². The third-order valence-electron chi connectivity index (χ3n) is 4.23. The zero-order valence-corrected chi connectivity index (χ0v) is 13.4. The van der Waals surface area contributed by atoms with Crippen LogP contribution < -0.4 is 21.7 Å². The Morgan fingerprint density at radius 1 is 1.33 bits per heavy atom. The molecule has 2 heterocycles. The number of carbonyl (C=O) groups is 2. The van der Waals surface area contributed by atoms with Gasteiger partial charge in [0.1, 0.15) is 9.88 Å². The predicted octanol–water partition coefficient (Wildman–Crippen LogP) is 1.27. The zero-order valence-electron chi connectivity index (χ0n) is 12.6. The molecule has 1 aliphatic rings. The van der Waals surface area contributed by atoms with Gasteiger partial charge in [0, 0.05) is 20.1 Å². The van der Waals surface area contributed by atoms with Crippen LogP contribution in [-0.4, -0.2) is 32.0 Å². The van der Waals surface area contributed by atoms with Gasteiger partial charge >= 0.3 is 0 Å². The van der Waals surface area contributed by atoms with Gasteiger partial charge in [-0.15, -0.1) is 11.3 Å². The van der Waals surface area contributed by atoms with E-state index in [1.54, 1.807) is 7.05 Å². The lowest BCUT2D eigenvalue weighted by molar-refractivity contribution is 0.0964. The van der Waals surface area contributed by atoms with Crippen molar-refractivity contribution in [3.05, 3.63) is 10.4 Å². The molecule has 6 nitrogen and oxygen atoms in total. The Morgan fingerprint density at radius 3 is 2.52 bits per heavy atom. The summed E-state index contributed by atoms with van der Waals surface area (Å²) in [7, 11) is 1.55. The first kappa shape index (κ1) is 15.6. The van der Waals surface area contributed by atoms with E-state index < -0.39 is 5.91 Å². The van der Waals surface area contributed by atoms with Crippen molar-refractivity contribution in [1.29, 1.82) is 0 Å². The molecule has 2 rings (SSSR count). The van der Waals surface area contributed by atoms with Crippen LogP contribution in [0, 0.1) is 11.8 Å². The number of nitrogens with one attached hydrogen (secondary N) is 1. The third-order valence-corrected chi connectivity index (χ3v) is 5.51. The van der Waals surface area contributed by atoms with Crippen LogP contribution in [0.1, 0.15) is 40.3 Å². The number of carbonyl (C=O) groups excluding carboxylic acids is 2. The summed E-state index contributed by atoms with van der Waals surface area (Å²) in [6.45, 7) is 6.14. The number of thiophene rings is 1. The van der Waals surface area contributed by atoms with Crippen LogP contribution in [0.2, 0.25) is 0 Å². The molecule has 1 aromatic rings. The van der Waals surface area contributed by atoms with Crippen LogP contribution >= 0.6 is 11.3 Å². The summed E-state index contributed by atoms with van der Waals surface area (Å²) in [4.78, 5) is 26.0. The molecule has 0 bridgehead atoms. The highest BCUT2D eigenvalue weighted by Gasteiger charge is 2.30. The summed E-state index contributed by atoms with van der Waals surface area (Å²) in [5.41, 5.74) is 11.9. The number of rotatable bonds is 3. The maximum atomic E-state index is 12.1. The van der Waals surface area contributed by atoms with Crippen LogP contribution in [-0.2, 0) is 0 Å². The lowest BCUT2D eigenvalue weighted by atomic mass is 9.89. The van der Waals surface area contributed by atoms with E-state index in [0.717, 1.165) is 24.5 Å². The molecule has 0 aromatic carbocycles. The Hall–Kier alpha value is -1.76. The number of nitrogen functional groups attached to an aromatic ring is 1. The van der Waals surface area contributed by atoms with Crippen molar-refractivity contribution < 1.29 is 9.59 Å². The number of piperidine rings is 1. The van der Waals surface area contributed by atoms with Gasteiger partial charge in [0.15, 0.2) is 0 Å². The predicted molar refractivity (Wildman–Crippen MR) is 85.8 cm³/mol. The molecule has 7 heteroatoms. The summed E-state index contributed by atoms with van der Waals surface area (Å²) in [5, 5.41) is 3.33. The largest absolute Gasteiger partial charge is 0.397 e. The summed E-state index contributed by atoms with van der Waals surface area (Å²) in [6.07, 6.45) is 1.05. The van der Waals surface area contributed by atoms with Gasteiger partial charge in [-0.2, -0.15) is 0 Å². The average molecular weight is 310 g/mol. The summed E-state index contributed by atoms with van der Waals surface area (Å²) < 4.78 is 0. The standard InChI is InChI=1S/C14H22N4O2S/c1-7-4-5-18(6-8(7)2)14-9(13(20)17-3)10(15)11(21-14)12(16)19/h7-8H,4-6,15H2,1-3H3,(H2,16,19)(H,17,20). The van der Waals surface area contributed by atoms with E-state index in [4.69, 9.17) is 11.5 Å². The fourth-order valence-corrected chi connectivity index (χ4v) is 3.73. The van der Waals surface area contributed by atoms with E-state index in [1.165, 1.54) is 11.3 Å². The van der Waals surface area contributed by atoms with Gasteiger partial charge < -0.3 is 21.7 Å². The topological polar surface area (TPSA) is 101 Å². The first-order chi connectivity index (χ1) is 9.86. The van der Waals surface area contributed by atoms with Crippen LogP contribution in [0.25, 0.3) is 0 Å². The number of amides is 2. The van der Waals surface area contributed by atoms with Crippen molar-refractivity contribution in [2.75, 3.05) is 30.8 Å². The molecule has 0 radical (unpaired) electrons. The lowest BCUT2D eigenvalue weighted by Gasteiger charge is -2.36. The number of anilines is 2. The highest BCUT2D eigenvalue weighted by Crippen LogP contribution is 2.40. The minimum absolute atomic E-state index is 0.188. The first-order valence-corrected chi connectivity index (χ1v) is 7.87. The maximum Gasteiger partial charge on any atom is 0.260 e. The maximum absolute atomic E-state index is 12.1. The summed E-state index contributed by atoms with van der Waals surface area (Å²) in [5.74, 6) is 0.305. The minimum Gasteiger partial charge on any atom is -0.397 e. The monoisotopic (exact) mass is 310 g/mol. The molecular weight excluding hydrogens is 288 g/mol. The van der Waals surface area contributed by atoms with Crippen LogP contribution in [0.5, 0.6) is 0 Å². The average Bonchev–Trinajstić information content (AvgIpc) is 2.79. The molecule has 1 saturated heterocycles. The van der Waals surface area contributed by atoms with Gasteiger partial charge in [0.05, 0.1) is 11.3 Å². The first-order valence-electron chi connectivity index (χ1n) is 7.05. The highest BCUT2D eigenvalue weighted by atomic mass is 32.1. The molecule has 2 unspecified atom stereocenters. The molecule has 1 aliphatic heterocycles. The smallest absolute Gasteiger partial charge is 0.260 e. The normalized spacial score (nSPS) is 22.1. The van der Waals surface area contributed by atoms with Gasteiger partial charge in [0.2, 0.25) is 0 Å².